The molecule has 0 aromatic heterocycles. The Labute approximate surface area is 78.1 Å². The van der Waals surface area contributed by atoms with E-state index in [1.165, 1.54) is 0 Å². The third kappa shape index (κ3) is 1.70. The van der Waals surface area contributed by atoms with E-state index in [0.29, 0.717) is 13.2 Å². The summed E-state index contributed by atoms with van der Waals surface area (Å²) in [5, 5.41) is 0. The second-order valence-electron chi connectivity index (χ2n) is 4.03. The molecule has 1 saturated heterocycles. The Kier molecular flexibility index (Phi) is 2.07. The van der Waals surface area contributed by atoms with Crippen molar-refractivity contribution in [1.82, 2.24) is 5.48 Å². The molecule has 2 aliphatic heterocycles. The summed E-state index contributed by atoms with van der Waals surface area (Å²) in [6.45, 7) is 7.30. The lowest BCUT2D eigenvalue weighted by molar-refractivity contribution is 0.194. The highest BCUT2D eigenvalue weighted by atomic mass is 31.2. The molecule has 0 saturated carbocycles. The van der Waals surface area contributed by atoms with Crippen LogP contribution >= 0.6 is 8.09 Å². The normalized spacial score (nSPS) is 26.2. The van der Waals surface area contributed by atoms with Gasteiger partial charge in [0.2, 0.25) is 0 Å². The number of hydrogen-bond donors (Lipinski definition) is 1. The van der Waals surface area contributed by atoms with Crippen LogP contribution in [-0.4, -0.2) is 19.0 Å². The fourth-order valence-corrected chi connectivity index (χ4v) is 2.75. The molecular weight excluding hydrogens is 191 g/mol. The second kappa shape index (κ2) is 2.89. The van der Waals surface area contributed by atoms with E-state index in [1.54, 1.807) is 0 Å². The van der Waals surface area contributed by atoms with Crippen LogP contribution in [0.1, 0.15) is 20.8 Å². The van der Waals surface area contributed by atoms with E-state index in [-0.39, 0.29) is 5.41 Å². The van der Waals surface area contributed by atoms with Crippen molar-refractivity contribution in [1.29, 1.82) is 0 Å². The van der Waals surface area contributed by atoms with Crippen molar-refractivity contribution in [2.75, 3.05) is 13.2 Å². The summed E-state index contributed by atoms with van der Waals surface area (Å²) in [5.74, 6) is 0.794. The summed E-state index contributed by atoms with van der Waals surface area (Å²) in [7, 11) is -2.37. The Bertz CT molecular complexity index is 243. The largest absolute Gasteiger partial charge is 0.578 e. The zero-order valence-electron chi connectivity index (χ0n) is 8.03. The first-order chi connectivity index (χ1) is 6.02. The molecule has 2 rings (SSSR count). The Morgan fingerprint density at radius 1 is 1.31 bits per heavy atom. The first-order valence-electron chi connectivity index (χ1n) is 4.25. The predicted octanol–water partition coefficient (Wildman–Crippen LogP) is 1.69. The monoisotopic (exact) mass is 205 g/mol. The quantitative estimate of drug-likeness (QED) is 0.611. The fourth-order valence-electron chi connectivity index (χ4n) is 1.02. The van der Waals surface area contributed by atoms with Crippen molar-refractivity contribution in [3.05, 3.63) is 0 Å². The minimum absolute atomic E-state index is 0.0567. The van der Waals surface area contributed by atoms with E-state index in [0.717, 1.165) is 5.84 Å². The zero-order valence-corrected chi connectivity index (χ0v) is 8.93. The first kappa shape index (κ1) is 9.34. The van der Waals surface area contributed by atoms with Gasteiger partial charge in [-0.2, -0.15) is 9.05 Å². The lowest BCUT2D eigenvalue weighted by Gasteiger charge is -2.13. The summed E-state index contributed by atoms with van der Waals surface area (Å²) in [6, 6.07) is 0. The van der Waals surface area contributed by atoms with E-state index in [1.807, 2.05) is 0 Å². The first-order valence-corrected chi connectivity index (χ1v) is 5.75. The number of nitrogens with one attached hydrogen (secondary N) is 1. The number of hydroxylamine groups is 1. The third-order valence-electron chi connectivity index (χ3n) is 1.78. The summed E-state index contributed by atoms with van der Waals surface area (Å²) in [4.78, 5) is 0. The Balaban J connectivity index is 2.17. The molecule has 0 aliphatic carbocycles. The summed E-state index contributed by atoms with van der Waals surface area (Å²) < 4.78 is 20.3. The third-order valence-corrected chi connectivity index (χ3v) is 3.57. The van der Waals surface area contributed by atoms with Gasteiger partial charge >= 0.3 is 8.09 Å². The van der Waals surface area contributed by atoms with Crippen molar-refractivity contribution in [3.63, 3.8) is 0 Å². The smallest absolute Gasteiger partial charge is 0.202 e. The minimum atomic E-state index is -2.37. The van der Waals surface area contributed by atoms with Crippen molar-refractivity contribution in [3.8, 4) is 0 Å². The van der Waals surface area contributed by atoms with Crippen molar-refractivity contribution < 1.29 is 13.7 Å². The molecular formula is C7H14N2O3P+. The van der Waals surface area contributed by atoms with E-state index >= 15 is 0 Å². The molecule has 0 amide bonds. The van der Waals surface area contributed by atoms with Gasteiger partial charge in [0.15, 0.2) is 5.84 Å². The van der Waals surface area contributed by atoms with Crippen molar-refractivity contribution in [2.24, 2.45) is 10.2 Å². The highest BCUT2D eigenvalue weighted by Crippen LogP contribution is 2.68. The maximum atomic E-state index is 5.34. The maximum absolute atomic E-state index is 5.34. The molecule has 2 heterocycles. The van der Waals surface area contributed by atoms with Gasteiger partial charge in [0.05, 0.1) is 0 Å². The van der Waals surface area contributed by atoms with Crippen molar-refractivity contribution >= 4 is 13.9 Å². The molecule has 1 spiro atoms. The molecule has 74 valence electrons. The molecule has 6 heteroatoms. The highest BCUT2D eigenvalue weighted by molar-refractivity contribution is 7.60. The van der Waals surface area contributed by atoms with Crippen LogP contribution in [0.15, 0.2) is 4.76 Å². The number of hydrogen-bond acceptors (Lipinski definition) is 5. The Hall–Kier alpha value is -0.220. The molecule has 2 aliphatic rings. The highest BCUT2D eigenvalue weighted by Gasteiger charge is 2.58. The van der Waals surface area contributed by atoms with E-state index in [9.17, 15) is 0 Å². The molecule has 0 atom stereocenters. The molecule has 0 aromatic carbocycles. The van der Waals surface area contributed by atoms with Gasteiger partial charge < -0.3 is 0 Å². The van der Waals surface area contributed by atoms with Gasteiger partial charge in [-0.15, -0.1) is 0 Å². The summed E-state index contributed by atoms with van der Waals surface area (Å²) >= 11 is 0. The van der Waals surface area contributed by atoms with Gasteiger partial charge in [0.25, 0.3) is 0 Å². The van der Waals surface area contributed by atoms with Gasteiger partial charge in [-0.3, -0.25) is 0 Å². The van der Waals surface area contributed by atoms with E-state index in [4.69, 9.17) is 13.7 Å². The average Bonchev–Trinajstić information content (AvgIpc) is 2.60. The molecule has 0 unspecified atom stereocenters. The lowest BCUT2D eigenvalue weighted by Crippen LogP contribution is -2.30. The van der Waals surface area contributed by atoms with Crippen molar-refractivity contribution in [2.45, 2.75) is 20.8 Å². The topological polar surface area (TPSA) is 52.1 Å². The van der Waals surface area contributed by atoms with Crippen LogP contribution in [0.5, 0.6) is 0 Å². The standard InChI is InChI=1S/C7H14N2O3P/c1-7(2,3)6-8-12-13(9-6)10-4-5-11-13/h4-5H2,1-3H3,(H,8,9)/q+1. The average molecular weight is 205 g/mol. The van der Waals surface area contributed by atoms with Crippen LogP contribution < -0.4 is 5.48 Å². The Morgan fingerprint density at radius 2 is 1.92 bits per heavy atom. The zero-order chi connectivity index (χ0) is 9.53. The van der Waals surface area contributed by atoms with Crippen LogP contribution in [0.2, 0.25) is 0 Å². The van der Waals surface area contributed by atoms with Gasteiger partial charge in [-0.1, -0.05) is 20.8 Å². The van der Waals surface area contributed by atoms with Crippen LogP contribution in [0.25, 0.3) is 0 Å². The second-order valence-corrected chi connectivity index (χ2v) is 5.86. The number of nitrogens with zero attached hydrogens (tertiary/aromatic N) is 1. The molecule has 0 aromatic rings. The fraction of sp³-hybridized carbons (Fsp3) is 0.857. The minimum Gasteiger partial charge on any atom is -0.202 e. The van der Waals surface area contributed by atoms with Crippen LogP contribution in [0.3, 0.4) is 0 Å². The van der Waals surface area contributed by atoms with E-state index in [2.05, 4.69) is 31.0 Å². The SMILES string of the molecule is CC(C)(C)C1=N[P+]2(OCCO2)ON1. The Morgan fingerprint density at radius 3 is 2.38 bits per heavy atom. The summed E-state index contributed by atoms with van der Waals surface area (Å²) in [6.07, 6.45) is 0. The number of rotatable bonds is 0. The molecule has 0 radical (unpaired) electrons. The van der Waals surface area contributed by atoms with Crippen LogP contribution in [0, 0.1) is 5.41 Å². The van der Waals surface area contributed by atoms with Gasteiger partial charge in [-0.25, -0.2) is 5.48 Å². The maximum Gasteiger partial charge on any atom is 0.578 e. The summed E-state index contributed by atoms with van der Waals surface area (Å²) in [5.41, 5.74) is 2.72. The molecule has 5 nitrogen and oxygen atoms in total. The number of amidine groups is 1. The van der Waals surface area contributed by atoms with Gasteiger partial charge in [0.1, 0.15) is 13.2 Å². The van der Waals surface area contributed by atoms with Gasteiger partial charge in [-0.05, 0) is 9.39 Å². The molecule has 13 heavy (non-hydrogen) atoms. The van der Waals surface area contributed by atoms with Gasteiger partial charge in [0, 0.05) is 5.41 Å². The predicted molar refractivity (Wildman–Crippen MR) is 49.9 cm³/mol. The van der Waals surface area contributed by atoms with Crippen LogP contribution in [0.4, 0.5) is 0 Å². The molecule has 0 bridgehead atoms. The van der Waals surface area contributed by atoms with Crippen LogP contribution in [-0.2, 0) is 13.7 Å². The van der Waals surface area contributed by atoms with E-state index < -0.39 is 8.09 Å². The lowest BCUT2D eigenvalue weighted by atomic mass is 9.96. The molecule has 1 fully saturated rings. The molecule has 1 N–H and O–H groups in total.